The van der Waals surface area contributed by atoms with Gasteiger partial charge in [-0.2, -0.15) is 0 Å². The van der Waals surface area contributed by atoms with Crippen molar-refractivity contribution in [3.8, 4) is 0 Å². The Balaban J connectivity index is 1.50. The van der Waals surface area contributed by atoms with Gasteiger partial charge in [-0.1, -0.05) is 12.1 Å². The second-order valence-corrected chi connectivity index (χ2v) is 5.99. The lowest BCUT2D eigenvalue weighted by atomic mass is 10.1. The summed E-state index contributed by atoms with van der Waals surface area (Å²) in [5, 5.41) is 3.74. The van der Waals surface area contributed by atoms with Crippen LogP contribution < -0.4 is 5.32 Å². The average molecular weight is 333 g/mol. The van der Waals surface area contributed by atoms with Gasteiger partial charge in [0.1, 0.15) is 6.54 Å². The maximum Gasteiger partial charge on any atom is 0.262 e. The van der Waals surface area contributed by atoms with Gasteiger partial charge in [0.25, 0.3) is 11.8 Å². The quantitative estimate of drug-likeness (QED) is 0.748. The third-order valence-electron chi connectivity index (χ3n) is 4.35. The summed E-state index contributed by atoms with van der Waals surface area (Å²) in [4.78, 5) is 37.9. The van der Waals surface area contributed by atoms with Crippen LogP contribution in [0.1, 0.15) is 20.7 Å². The third kappa shape index (κ3) is 2.48. The van der Waals surface area contributed by atoms with Gasteiger partial charge in [-0.15, -0.1) is 0 Å². The molecular formula is C19H15N3O3. The predicted molar refractivity (Wildman–Crippen MR) is 93.4 cm³/mol. The fraction of sp³-hybridized carbons (Fsp3) is 0.105. The first kappa shape index (κ1) is 15.1. The monoisotopic (exact) mass is 333 g/mol. The lowest BCUT2D eigenvalue weighted by Gasteiger charge is -2.13. The zero-order valence-electron chi connectivity index (χ0n) is 13.5. The fourth-order valence-corrected chi connectivity index (χ4v) is 3.09. The van der Waals surface area contributed by atoms with Crippen LogP contribution in [0, 0.1) is 0 Å². The zero-order chi connectivity index (χ0) is 17.6. The Morgan fingerprint density at radius 3 is 2.36 bits per heavy atom. The molecule has 0 unspecified atom stereocenters. The largest absolute Gasteiger partial charge is 0.351 e. The summed E-state index contributed by atoms with van der Waals surface area (Å²) in [5.74, 6) is -1.28. The van der Waals surface area contributed by atoms with E-state index in [0.29, 0.717) is 16.8 Å². The van der Waals surface area contributed by atoms with Gasteiger partial charge in [0, 0.05) is 29.8 Å². The van der Waals surface area contributed by atoms with Crippen LogP contribution in [-0.2, 0) is 11.8 Å². The van der Waals surface area contributed by atoms with Crippen LogP contribution in [0.3, 0.4) is 0 Å². The van der Waals surface area contributed by atoms with Crippen molar-refractivity contribution >= 4 is 34.3 Å². The summed E-state index contributed by atoms with van der Waals surface area (Å²) < 4.78 is 1.99. The lowest BCUT2D eigenvalue weighted by molar-refractivity contribution is -0.116. The standard InChI is InChI=1S/C19H15N3O3/c1-21-9-8-12-10-13(6-7-16(12)21)20-17(23)11-22-18(24)14-4-2-3-5-15(14)19(22)25/h2-10H,11H2,1H3,(H,20,23). The number of amides is 3. The Morgan fingerprint density at radius 1 is 1.00 bits per heavy atom. The molecule has 0 atom stereocenters. The molecule has 4 rings (SSSR count). The number of rotatable bonds is 3. The molecule has 1 aliphatic rings. The van der Waals surface area contributed by atoms with Gasteiger partial charge >= 0.3 is 0 Å². The van der Waals surface area contributed by atoms with E-state index in [4.69, 9.17) is 0 Å². The lowest BCUT2D eigenvalue weighted by Crippen LogP contribution is -2.37. The maximum atomic E-state index is 12.3. The van der Waals surface area contributed by atoms with Gasteiger partial charge < -0.3 is 9.88 Å². The van der Waals surface area contributed by atoms with Crippen molar-refractivity contribution in [1.82, 2.24) is 9.47 Å². The van der Waals surface area contributed by atoms with Crippen molar-refractivity contribution < 1.29 is 14.4 Å². The first-order valence-corrected chi connectivity index (χ1v) is 7.85. The highest BCUT2D eigenvalue weighted by Crippen LogP contribution is 2.23. The summed E-state index contributed by atoms with van der Waals surface area (Å²) in [6.45, 7) is -0.306. The number of hydrogen-bond donors (Lipinski definition) is 1. The van der Waals surface area contributed by atoms with Gasteiger partial charge in [-0.25, -0.2) is 0 Å². The van der Waals surface area contributed by atoms with E-state index >= 15 is 0 Å². The molecule has 0 saturated heterocycles. The molecule has 6 nitrogen and oxygen atoms in total. The van der Waals surface area contributed by atoms with Gasteiger partial charge in [-0.3, -0.25) is 19.3 Å². The highest BCUT2D eigenvalue weighted by molar-refractivity contribution is 6.22. The topological polar surface area (TPSA) is 71.4 Å². The number of carbonyl (C=O) groups is 3. The number of benzene rings is 2. The number of nitrogens with zero attached hydrogens (tertiary/aromatic N) is 2. The molecule has 0 fully saturated rings. The molecule has 25 heavy (non-hydrogen) atoms. The Morgan fingerprint density at radius 2 is 1.68 bits per heavy atom. The van der Waals surface area contributed by atoms with E-state index in [9.17, 15) is 14.4 Å². The van der Waals surface area contributed by atoms with Crippen LogP contribution >= 0.6 is 0 Å². The zero-order valence-corrected chi connectivity index (χ0v) is 13.5. The van der Waals surface area contributed by atoms with E-state index in [1.54, 1.807) is 30.3 Å². The summed E-state index contributed by atoms with van der Waals surface area (Å²) in [5.41, 5.74) is 2.36. The van der Waals surface area contributed by atoms with E-state index < -0.39 is 17.7 Å². The van der Waals surface area contributed by atoms with Crippen molar-refractivity contribution in [2.24, 2.45) is 7.05 Å². The second-order valence-electron chi connectivity index (χ2n) is 5.99. The SMILES string of the molecule is Cn1ccc2cc(NC(=O)CN3C(=O)c4ccccc4C3=O)ccc21. The molecule has 2 heterocycles. The number of hydrogen-bond acceptors (Lipinski definition) is 3. The Hall–Kier alpha value is -3.41. The number of fused-ring (bicyclic) bond motifs is 2. The van der Waals surface area contributed by atoms with Gasteiger partial charge in [0.2, 0.25) is 5.91 Å². The number of nitrogens with one attached hydrogen (secondary N) is 1. The van der Waals surface area contributed by atoms with Crippen molar-refractivity contribution in [3.05, 3.63) is 65.9 Å². The predicted octanol–water partition coefficient (Wildman–Crippen LogP) is 2.41. The van der Waals surface area contributed by atoms with E-state index in [-0.39, 0.29) is 6.54 Å². The van der Waals surface area contributed by atoms with E-state index in [2.05, 4.69) is 5.32 Å². The number of imide groups is 1. The number of anilines is 1. The van der Waals surface area contributed by atoms with Crippen molar-refractivity contribution in [1.29, 1.82) is 0 Å². The van der Waals surface area contributed by atoms with Crippen LogP contribution in [0.4, 0.5) is 5.69 Å². The molecule has 0 bridgehead atoms. The fourth-order valence-electron chi connectivity index (χ4n) is 3.09. The van der Waals surface area contributed by atoms with E-state index in [1.807, 2.05) is 36.0 Å². The van der Waals surface area contributed by atoms with Gasteiger partial charge in [-0.05, 0) is 36.4 Å². The minimum Gasteiger partial charge on any atom is -0.351 e. The normalized spacial score (nSPS) is 13.4. The summed E-state index contributed by atoms with van der Waals surface area (Å²) in [6, 6.07) is 14.1. The van der Waals surface area contributed by atoms with Crippen molar-refractivity contribution in [2.45, 2.75) is 0 Å². The van der Waals surface area contributed by atoms with Crippen molar-refractivity contribution in [2.75, 3.05) is 11.9 Å². The Bertz CT molecular complexity index is 1000. The highest BCUT2D eigenvalue weighted by Gasteiger charge is 2.36. The molecular weight excluding hydrogens is 318 g/mol. The molecule has 1 aliphatic heterocycles. The van der Waals surface area contributed by atoms with Crippen LogP contribution in [0.5, 0.6) is 0 Å². The average Bonchev–Trinajstić information content (AvgIpc) is 3.09. The van der Waals surface area contributed by atoms with Crippen LogP contribution in [0.15, 0.2) is 54.7 Å². The molecule has 0 aliphatic carbocycles. The van der Waals surface area contributed by atoms with Crippen molar-refractivity contribution in [3.63, 3.8) is 0 Å². The molecule has 0 spiro atoms. The molecule has 124 valence electrons. The smallest absolute Gasteiger partial charge is 0.262 e. The highest BCUT2D eigenvalue weighted by atomic mass is 16.2. The second kappa shape index (κ2) is 5.59. The molecule has 6 heteroatoms. The molecule has 3 aromatic rings. The minimum atomic E-state index is -0.436. The molecule has 2 aromatic carbocycles. The first-order valence-electron chi connectivity index (χ1n) is 7.85. The summed E-state index contributed by atoms with van der Waals surface area (Å²) in [7, 11) is 1.95. The van der Waals surface area contributed by atoms with Crippen LogP contribution in [0.2, 0.25) is 0 Å². The number of carbonyl (C=O) groups excluding carboxylic acids is 3. The Kier molecular flexibility index (Phi) is 3.39. The molecule has 3 amide bonds. The molecule has 0 saturated carbocycles. The minimum absolute atomic E-state index is 0.306. The number of aromatic nitrogens is 1. The van der Waals surface area contributed by atoms with Crippen LogP contribution in [-0.4, -0.2) is 33.7 Å². The van der Waals surface area contributed by atoms with Crippen LogP contribution in [0.25, 0.3) is 10.9 Å². The molecule has 0 radical (unpaired) electrons. The van der Waals surface area contributed by atoms with E-state index in [1.165, 1.54) is 0 Å². The Labute approximate surface area is 143 Å². The third-order valence-corrected chi connectivity index (χ3v) is 4.35. The molecule has 1 aromatic heterocycles. The molecule has 1 N–H and O–H groups in total. The van der Waals surface area contributed by atoms with E-state index in [0.717, 1.165) is 15.8 Å². The maximum absolute atomic E-state index is 12.3. The van der Waals surface area contributed by atoms with Gasteiger partial charge in [0.05, 0.1) is 11.1 Å². The van der Waals surface area contributed by atoms with Gasteiger partial charge in [0.15, 0.2) is 0 Å². The summed E-state index contributed by atoms with van der Waals surface area (Å²) >= 11 is 0. The first-order chi connectivity index (χ1) is 12.0. The number of aryl methyl sites for hydroxylation is 1. The summed E-state index contributed by atoms with van der Waals surface area (Å²) in [6.07, 6.45) is 1.94.